The molecule has 29 heavy (non-hydrogen) atoms. The molecule has 0 fully saturated rings. The summed E-state index contributed by atoms with van der Waals surface area (Å²) in [5.74, 6) is -0.193. The summed E-state index contributed by atoms with van der Waals surface area (Å²) >= 11 is 0. The van der Waals surface area contributed by atoms with E-state index in [-0.39, 0.29) is 18.1 Å². The molecule has 142 valence electrons. The van der Waals surface area contributed by atoms with Crippen LogP contribution in [0.3, 0.4) is 0 Å². The maximum atomic E-state index is 12.9. The Bertz CT molecular complexity index is 1080. The molecule has 1 N–H and O–H groups in total. The van der Waals surface area contributed by atoms with Crippen LogP contribution in [0.15, 0.2) is 103 Å². The lowest BCUT2D eigenvalue weighted by Crippen LogP contribution is -2.30. The fraction of sp³-hybridized carbons (Fsp3) is 0.0769. The molecule has 1 atom stereocenters. The van der Waals surface area contributed by atoms with Crippen LogP contribution in [0.25, 0.3) is 10.8 Å². The van der Waals surface area contributed by atoms with E-state index in [4.69, 9.17) is 0 Å². The van der Waals surface area contributed by atoms with Gasteiger partial charge in [-0.15, -0.1) is 0 Å². The Labute approximate surface area is 170 Å². The van der Waals surface area contributed by atoms with E-state index in [0.29, 0.717) is 11.1 Å². The lowest BCUT2D eigenvalue weighted by molar-refractivity contribution is 0.0912. The highest BCUT2D eigenvalue weighted by Gasteiger charge is 2.20. The molecule has 0 heterocycles. The maximum Gasteiger partial charge on any atom is 0.251 e. The highest BCUT2D eigenvalue weighted by atomic mass is 16.2. The first-order valence-electron chi connectivity index (χ1n) is 9.63. The van der Waals surface area contributed by atoms with E-state index in [1.807, 2.05) is 78.9 Å². The summed E-state index contributed by atoms with van der Waals surface area (Å²) in [6.45, 7) is 0. The third-order valence-corrected chi connectivity index (χ3v) is 5.00. The van der Waals surface area contributed by atoms with Gasteiger partial charge in [0.25, 0.3) is 5.91 Å². The standard InChI is InChI=1S/C26H21NO2/c28-25(20-10-3-1-4-11-20)18-24(27-26(29)21-12-5-2-6-13-21)23-16-15-19-9-7-8-14-22(19)17-23/h1-17,24H,18H2,(H,27,29)/t24-/m0/s1. The minimum absolute atomic E-state index is 0.00267. The molecular formula is C26H21NO2. The Morgan fingerprint density at radius 1 is 0.655 bits per heavy atom. The van der Waals surface area contributed by atoms with Crippen molar-refractivity contribution >= 4 is 22.5 Å². The van der Waals surface area contributed by atoms with Gasteiger partial charge >= 0.3 is 0 Å². The van der Waals surface area contributed by atoms with Gasteiger partial charge in [-0.1, -0.05) is 84.9 Å². The third kappa shape index (κ3) is 4.41. The molecule has 0 radical (unpaired) electrons. The topological polar surface area (TPSA) is 46.2 Å². The smallest absolute Gasteiger partial charge is 0.251 e. The number of benzene rings is 4. The van der Waals surface area contributed by atoms with E-state index in [1.165, 1.54) is 0 Å². The van der Waals surface area contributed by atoms with E-state index in [2.05, 4.69) is 5.32 Å². The fourth-order valence-corrected chi connectivity index (χ4v) is 3.44. The molecule has 0 bridgehead atoms. The van der Waals surface area contributed by atoms with Crippen LogP contribution in [0.4, 0.5) is 0 Å². The number of amides is 1. The molecule has 4 aromatic rings. The maximum absolute atomic E-state index is 12.9. The van der Waals surface area contributed by atoms with Gasteiger partial charge in [-0.25, -0.2) is 0 Å². The van der Waals surface area contributed by atoms with Gasteiger partial charge in [0, 0.05) is 17.5 Å². The predicted molar refractivity (Wildman–Crippen MR) is 116 cm³/mol. The number of hydrogen-bond donors (Lipinski definition) is 1. The molecular weight excluding hydrogens is 358 g/mol. The number of hydrogen-bond acceptors (Lipinski definition) is 2. The molecule has 0 saturated carbocycles. The molecule has 0 saturated heterocycles. The van der Waals surface area contributed by atoms with E-state index in [9.17, 15) is 9.59 Å². The van der Waals surface area contributed by atoms with Crippen molar-refractivity contribution < 1.29 is 9.59 Å². The zero-order valence-electron chi connectivity index (χ0n) is 15.9. The second kappa shape index (κ2) is 8.53. The normalized spacial score (nSPS) is 11.7. The van der Waals surface area contributed by atoms with Crippen molar-refractivity contribution in [1.29, 1.82) is 0 Å². The van der Waals surface area contributed by atoms with E-state index in [1.54, 1.807) is 24.3 Å². The molecule has 0 aliphatic rings. The highest BCUT2D eigenvalue weighted by Crippen LogP contribution is 2.24. The Kier molecular flexibility index (Phi) is 5.48. The van der Waals surface area contributed by atoms with Crippen LogP contribution in [0.1, 0.15) is 38.7 Å². The van der Waals surface area contributed by atoms with Crippen LogP contribution < -0.4 is 5.32 Å². The van der Waals surface area contributed by atoms with Crippen molar-refractivity contribution in [2.45, 2.75) is 12.5 Å². The lowest BCUT2D eigenvalue weighted by atomic mass is 9.95. The highest BCUT2D eigenvalue weighted by molar-refractivity contribution is 5.98. The number of Topliss-reactive ketones (excluding diaryl/α,β-unsaturated/α-hetero) is 1. The van der Waals surface area contributed by atoms with Gasteiger partial charge in [-0.05, 0) is 34.5 Å². The van der Waals surface area contributed by atoms with Gasteiger partial charge in [-0.3, -0.25) is 9.59 Å². The molecule has 0 aromatic heterocycles. The third-order valence-electron chi connectivity index (χ3n) is 5.00. The predicted octanol–water partition coefficient (Wildman–Crippen LogP) is 5.58. The summed E-state index contributed by atoms with van der Waals surface area (Å²) in [5, 5.41) is 5.26. The average Bonchev–Trinajstić information content (AvgIpc) is 2.79. The van der Waals surface area contributed by atoms with Crippen molar-refractivity contribution in [1.82, 2.24) is 5.32 Å². The Morgan fingerprint density at radius 3 is 1.93 bits per heavy atom. The molecule has 0 spiro atoms. The summed E-state index contributed by atoms with van der Waals surface area (Å²) in [6.07, 6.45) is 0.195. The van der Waals surface area contributed by atoms with Crippen molar-refractivity contribution in [2.75, 3.05) is 0 Å². The zero-order chi connectivity index (χ0) is 20.1. The van der Waals surface area contributed by atoms with Crippen LogP contribution in [-0.2, 0) is 0 Å². The molecule has 3 heteroatoms. The van der Waals surface area contributed by atoms with Gasteiger partial charge in [0.15, 0.2) is 5.78 Å². The molecule has 1 amide bonds. The van der Waals surface area contributed by atoms with E-state index >= 15 is 0 Å². The first kappa shape index (κ1) is 18.6. The van der Waals surface area contributed by atoms with Gasteiger partial charge in [-0.2, -0.15) is 0 Å². The molecule has 3 nitrogen and oxygen atoms in total. The van der Waals surface area contributed by atoms with Crippen LogP contribution in [-0.4, -0.2) is 11.7 Å². The summed E-state index contributed by atoms with van der Waals surface area (Å²) in [5.41, 5.74) is 2.13. The quantitative estimate of drug-likeness (QED) is 0.444. The van der Waals surface area contributed by atoms with Gasteiger partial charge < -0.3 is 5.32 Å². The van der Waals surface area contributed by atoms with E-state index < -0.39 is 6.04 Å². The average molecular weight is 379 g/mol. The zero-order valence-corrected chi connectivity index (χ0v) is 15.9. The van der Waals surface area contributed by atoms with Crippen LogP contribution in [0, 0.1) is 0 Å². The van der Waals surface area contributed by atoms with Crippen LogP contribution in [0.5, 0.6) is 0 Å². The number of fused-ring (bicyclic) bond motifs is 1. The molecule has 0 aliphatic carbocycles. The minimum Gasteiger partial charge on any atom is -0.345 e. The number of ketones is 1. The molecule has 0 aliphatic heterocycles. The second-order valence-corrected chi connectivity index (χ2v) is 6.99. The van der Waals surface area contributed by atoms with Crippen LogP contribution in [0.2, 0.25) is 0 Å². The largest absolute Gasteiger partial charge is 0.345 e. The van der Waals surface area contributed by atoms with Gasteiger partial charge in [0.2, 0.25) is 0 Å². The SMILES string of the molecule is O=C(C[C@H](NC(=O)c1ccccc1)c1ccc2ccccc2c1)c1ccccc1. The number of rotatable bonds is 6. The van der Waals surface area contributed by atoms with Gasteiger partial charge in [0.05, 0.1) is 6.04 Å². The fourth-order valence-electron chi connectivity index (χ4n) is 3.44. The molecule has 4 rings (SSSR count). The van der Waals surface area contributed by atoms with Crippen molar-refractivity contribution in [3.63, 3.8) is 0 Å². The number of nitrogens with one attached hydrogen (secondary N) is 1. The Hall–Kier alpha value is -3.72. The minimum atomic E-state index is -0.417. The first-order chi connectivity index (χ1) is 14.2. The van der Waals surface area contributed by atoms with Crippen molar-refractivity contribution in [2.24, 2.45) is 0 Å². The second-order valence-electron chi connectivity index (χ2n) is 6.99. The summed E-state index contributed by atoms with van der Waals surface area (Å²) in [6, 6.07) is 32.0. The van der Waals surface area contributed by atoms with Gasteiger partial charge in [0.1, 0.15) is 0 Å². The summed E-state index contributed by atoms with van der Waals surface area (Å²) in [4.78, 5) is 25.6. The Morgan fingerprint density at radius 2 is 1.24 bits per heavy atom. The van der Waals surface area contributed by atoms with Crippen molar-refractivity contribution in [3.8, 4) is 0 Å². The summed E-state index contributed by atoms with van der Waals surface area (Å²) in [7, 11) is 0. The number of carbonyl (C=O) groups is 2. The monoisotopic (exact) mass is 379 g/mol. The molecule has 0 unspecified atom stereocenters. The van der Waals surface area contributed by atoms with E-state index in [0.717, 1.165) is 16.3 Å². The molecule has 4 aromatic carbocycles. The number of carbonyl (C=O) groups excluding carboxylic acids is 2. The Balaban J connectivity index is 1.65. The van der Waals surface area contributed by atoms with Crippen LogP contribution >= 0.6 is 0 Å². The first-order valence-corrected chi connectivity index (χ1v) is 9.63. The lowest BCUT2D eigenvalue weighted by Gasteiger charge is -2.19. The van der Waals surface area contributed by atoms with Crippen molar-refractivity contribution in [3.05, 3.63) is 120 Å². The summed E-state index contributed by atoms with van der Waals surface area (Å²) < 4.78 is 0.